The van der Waals surface area contributed by atoms with Gasteiger partial charge in [0.15, 0.2) is 0 Å². The van der Waals surface area contributed by atoms with E-state index in [4.69, 9.17) is 12.2 Å². The van der Waals surface area contributed by atoms with Crippen molar-refractivity contribution in [2.24, 2.45) is 7.05 Å². The second-order valence-corrected chi connectivity index (χ2v) is 9.20. The lowest BCUT2D eigenvalue weighted by Crippen LogP contribution is -2.26. The Kier molecular flexibility index (Phi) is 6.13. The lowest BCUT2D eigenvalue weighted by atomic mass is 10.1. The van der Waals surface area contributed by atoms with Crippen molar-refractivity contribution >= 4 is 27.1 Å². The highest BCUT2D eigenvalue weighted by Crippen LogP contribution is 2.20. The van der Waals surface area contributed by atoms with Gasteiger partial charge in [0.25, 0.3) is 0 Å². The Morgan fingerprint density at radius 3 is 2.32 bits per heavy atom. The van der Waals surface area contributed by atoms with Crippen molar-refractivity contribution in [1.82, 2.24) is 9.29 Å². The molecule has 0 aliphatic rings. The van der Waals surface area contributed by atoms with E-state index in [1.165, 1.54) is 5.56 Å². The maximum Gasteiger partial charge on any atom is 0.216 e. The Hall–Kier alpha value is -2.28. The third-order valence-electron chi connectivity index (χ3n) is 4.72. The Morgan fingerprint density at radius 2 is 1.68 bits per heavy atom. The van der Waals surface area contributed by atoms with E-state index in [9.17, 15) is 8.42 Å². The number of thiocarbonyl (C=S) groups is 1. The molecule has 1 aromatic heterocycles. The zero-order valence-electron chi connectivity index (χ0n) is 16.3. The van der Waals surface area contributed by atoms with Gasteiger partial charge in [0.1, 0.15) is 0 Å². The molecular weight excluding hydrogens is 388 g/mol. The molecule has 0 bridgehead atoms. The van der Waals surface area contributed by atoms with E-state index in [-0.39, 0.29) is 12.3 Å². The molecule has 0 aliphatic heterocycles. The topological polar surface area (TPSA) is 51.1 Å². The molecule has 0 radical (unpaired) electrons. The zero-order valence-corrected chi connectivity index (χ0v) is 17.9. The molecule has 0 aliphatic carbocycles. The number of benzene rings is 2. The van der Waals surface area contributed by atoms with Gasteiger partial charge in [0, 0.05) is 12.7 Å². The van der Waals surface area contributed by atoms with E-state index in [1.54, 1.807) is 0 Å². The quantitative estimate of drug-likeness (QED) is 0.471. The van der Waals surface area contributed by atoms with Crippen LogP contribution in [0.15, 0.2) is 60.7 Å². The van der Waals surface area contributed by atoms with Crippen LogP contribution in [0.25, 0.3) is 0 Å². The highest BCUT2D eigenvalue weighted by atomic mass is 32.2. The summed E-state index contributed by atoms with van der Waals surface area (Å²) in [5.74, 6) is -0.0358. The summed E-state index contributed by atoms with van der Waals surface area (Å²) in [6, 6.07) is 19.3. The van der Waals surface area contributed by atoms with Crippen molar-refractivity contribution in [3.05, 3.63) is 94.3 Å². The van der Waals surface area contributed by atoms with Crippen LogP contribution < -0.4 is 4.72 Å². The first kappa shape index (κ1) is 20.5. The molecule has 1 N–H and O–H groups in total. The van der Waals surface area contributed by atoms with E-state index >= 15 is 0 Å². The molecule has 0 saturated carbocycles. The molecule has 3 aromatic rings. The summed E-state index contributed by atoms with van der Waals surface area (Å²) in [5.41, 5.74) is 5.78. The Balaban J connectivity index is 1.76. The van der Waals surface area contributed by atoms with Crippen molar-refractivity contribution in [1.29, 1.82) is 0 Å². The SMILES string of the molecule is Cc1ccc(C(=S)c2c(C)cc(CNS(=O)(=O)Cc3ccccc3)n2C)cc1. The van der Waals surface area contributed by atoms with Gasteiger partial charge in [-0.3, -0.25) is 0 Å². The fourth-order valence-corrected chi connectivity index (χ4v) is 4.73. The number of nitrogens with zero attached hydrogens (tertiary/aromatic N) is 1. The van der Waals surface area contributed by atoms with Crippen molar-refractivity contribution in [2.75, 3.05) is 0 Å². The smallest absolute Gasteiger partial charge is 0.216 e. The molecule has 0 saturated heterocycles. The Bertz CT molecular complexity index is 1080. The molecule has 0 unspecified atom stereocenters. The molecular formula is C22H24N2O2S2. The van der Waals surface area contributed by atoms with Crippen molar-refractivity contribution in [2.45, 2.75) is 26.1 Å². The van der Waals surface area contributed by atoms with Crippen LogP contribution in [0.1, 0.15) is 33.6 Å². The molecule has 0 atom stereocenters. The van der Waals surface area contributed by atoms with E-state index < -0.39 is 10.0 Å². The van der Waals surface area contributed by atoms with E-state index in [0.29, 0.717) is 0 Å². The van der Waals surface area contributed by atoms with E-state index in [1.807, 2.05) is 86.1 Å². The number of sulfonamides is 1. The summed E-state index contributed by atoms with van der Waals surface area (Å²) in [4.78, 5) is 0.762. The van der Waals surface area contributed by atoms with Gasteiger partial charge in [-0.25, -0.2) is 13.1 Å². The Labute approximate surface area is 172 Å². The summed E-state index contributed by atoms with van der Waals surface area (Å²) < 4.78 is 29.5. The fourth-order valence-electron chi connectivity index (χ4n) is 3.19. The first-order valence-corrected chi connectivity index (χ1v) is 11.1. The normalized spacial score (nSPS) is 11.5. The molecule has 0 spiro atoms. The van der Waals surface area contributed by atoms with Crippen LogP contribution in [0.5, 0.6) is 0 Å². The number of aromatic nitrogens is 1. The number of aryl methyl sites for hydroxylation is 2. The van der Waals surface area contributed by atoms with Crippen LogP contribution in [0.2, 0.25) is 0 Å². The minimum Gasteiger partial charge on any atom is -0.345 e. The summed E-state index contributed by atoms with van der Waals surface area (Å²) in [6.07, 6.45) is 0. The van der Waals surface area contributed by atoms with Crippen LogP contribution in [-0.4, -0.2) is 17.8 Å². The predicted octanol–water partition coefficient (Wildman–Crippen LogP) is 4.03. The molecule has 2 aromatic carbocycles. The average Bonchev–Trinajstić information content (AvgIpc) is 2.94. The van der Waals surface area contributed by atoms with Gasteiger partial charge in [0.05, 0.1) is 22.9 Å². The summed E-state index contributed by atoms with van der Waals surface area (Å²) in [5, 5.41) is 0. The van der Waals surface area contributed by atoms with E-state index in [0.717, 1.165) is 32.9 Å². The second-order valence-electron chi connectivity index (χ2n) is 6.99. The average molecular weight is 413 g/mol. The van der Waals surface area contributed by atoms with Crippen LogP contribution in [0.3, 0.4) is 0 Å². The molecule has 3 rings (SSSR count). The zero-order chi connectivity index (χ0) is 20.3. The van der Waals surface area contributed by atoms with Gasteiger partial charge in [-0.2, -0.15) is 0 Å². The minimum absolute atomic E-state index is 0.0358. The summed E-state index contributed by atoms with van der Waals surface area (Å²) in [7, 11) is -1.51. The van der Waals surface area contributed by atoms with Crippen LogP contribution in [0.4, 0.5) is 0 Å². The van der Waals surface area contributed by atoms with Gasteiger partial charge in [-0.05, 0) is 36.6 Å². The maximum absolute atomic E-state index is 12.4. The monoisotopic (exact) mass is 412 g/mol. The standard InChI is InChI=1S/C22H24N2O2S2/c1-16-9-11-19(12-10-16)22(27)21-17(2)13-20(24(21)3)14-23-28(25,26)15-18-7-5-4-6-8-18/h4-13,23H,14-15H2,1-3H3. The maximum atomic E-state index is 12.4. The third-order valence-corrected chi connectivity index (χ3v) is 6.45. The minimum atomic E-state index is -3.43. The molecule has 0 fully saturated rings. The lowest BCUT2D eigenvalue weighted by molar-refractivity contribution is 0.578. The van der Waals surface area contributed by atoms with Gasteiger partial charge in [-0.15, -0.1) is 0 Å². The number of rotatable bonds is 7. The first-order chi connectivity index (χ1) is 13.3. The third kappa shape index (κ3) is 4.76. The van der Waals surface area contributed by atoms with Gasteiger partial charge in [-0.1, -0.05) is 72.4 Å². The highest BCUT2D eigenvalue weighted by Gasteiger charge is 2.17. The summed E-state index contributed by atoms with van der Waals surface area (Å²) in [6.45, 7) is 4.26. The first-order valence-electron chi connectivity index (χ1n) is 9.04. The summed E-state index contributed by atoms with van der Waals surface area (Å²) >= 11 is 5.70. The number of nitrogens with one attached hydrogen (secondary N) is 1. The van der Waals surface area contributed by atoms with Crippen LogP contribution in [0, 0.1) is 13.8 Å². The van der Waals surface area contributed by atoms with Crippen LogP contribution in [-0.2, 0) is 29.4 Å². The fraction of sp³-hybridized carbons (Fsp3) is 0.227. The van der Waals surface area contributed by atoms with E-state index in [2.05, 4.69) is 4.72 Å². The van der Waals surface area contributed by atoms with Gasteiger partial charge in [0.2, 0.25) is 10.0 Å². The van der Waals surface area contributed by atoms with Gasteiger partial charge < -0.3 is 4.57 Å². The molecule has 4 nitrogen and oxygen atoms in total. The Morgan fingerprint density at radius 1 is 1.04 bits per heavy atom. The van der Waals surface area contributed by atoms with Crippen molar-refractivity contribution < 1.29 is 8.42 Å². The van der Waals surface area contributed by atoms with Gasteiger partial charge >= 0.3 is 0 Å². The molecule has 6 heteroatoms. The molecule has 1 heterocycles. The molecule has 0 amide bonds. The number of hydrogen-bond donors (Lipinski definition) is 1. The lowest BCUT2D eigenvalue weighted by Gasteiger charge is -2.11. The second kappa shape index (κ2) is 8.39. The largest absolute Gasteiger partial charge is 0.345 e. The molecule has 146 valence electrons. The van der Waals surface area contributed by atoms with Crippen molar-refractivity contribution in [3.63, 3.8) is 0 Å². The predicted molar refractivity (Wildman–Crippen MR) is 118 cm³/mol. The van der Waals surface area contributed by atoms with Crippen molar-refractivity contribution in [3.8, 4) is 0 Å². The number of hydrogen-bond acceptors (Lipinski definition) is 3. The van der Waals surface area contributed by atoms with Crippen LogP contribution >= 0.6 is 12.2 Å². The molecule has 28 heavy (non-hydrogen) atoms. The highest BCUT2D eigenvalue weighted by molar-refractivity contribution is 7.88.